The lowest BCUT2D eigenvalue weighted by molar-refractivity contribution is -0.136. The van der Waals surface area contributed by atoms with Crippen molar-refractivity contribution in [2.24, 2.45) is 0 Å². The van der Waals surface area contributed by atoms with Gasteiger partial charge in [-0.25, -0.2) is 9.37 Å². The fourth-order valence-corrected chi connectivity index (χ4v) is 4.05. The second-order valence-corrected chi connectivity index (χ2v) is 7.58. The molecule has 0 saturated heterocycles. The number of imidazole rings is 1. The summed E-state index contributed by atoms with van der Waals surface area (Å²) in [5, 5.41) is 8.82. The van der Waals surface area contributed by atoms with E-state index in [-0.39, 0.29) is 29.4 Å². The predicted octanol–water partition coefficient (Wildman–Crippen LogP) is 3.75. The minimum Gasteiger partial charge on any atom is -0.481 e. The zero-order valence-corrected chi connectivity index (χ0v) is 16.7. The van der Waals surface area contributed by atoms with Crippen LogP contribution in [-0.4, -0.2) is 30.6 Å². The number of rotatable bonds is 7. The molecule has 0 spiro atoms. The molecule has 2 aromatic heterocycles. The molecule has 1 aliphatic carbocycles. The van der Waals surface area contributed by atoms with Crippen molar-refractivity contribution in [3.8, 4) is 11.8 Å². The number of carboxylic acids is 1. The number of carbonyl (C=O) groups is 1. The molecule has 9 heteroatoms. The fourth-order valence-electron chi connectivity index (χ4n) is 4.05. The number of aromatic amines is 1. The summed E-state index contributed by atoms with van der Waals surface area (Å²) in [7, 11) is 0. The Morgan fingerprint density at radius 2 is 2.10 bits per heavy atom. The first-order valence-electron chi connectivity index (χ1n) is 10.1. The standard InChI is InChI=1S/C21H23FN4O4/c1-2-9-26-17-18(23-19(26)13-5-3-4-6-13)24-21(25-20(17)29)30-15-8-7-12(10-14(15)22)11-16(27)28/h7-8,10,13H,2-6,9,11H2,1H3,(H,27,28)(H,24,25,29). The van der Waals surface area contributed by atoms with Gasteiger partial charge in [0.05, 0.1) is 6.42 Å². The zero-order valence-electron chi connectivity index (χ0n) is 16.7. The molecule has 1 aromatic carbocycles. The van der Waals surface area contributed by atoms with E-state index < -0.39 is 11.8 Å². The van der Waals surface area contributed by atoms with Gasteiger partial charge in [0.1, 0.15) is 5.82 Å². The van der Waals surface area contributed by atoms with Crippen molar-refractivity contribution in [1.29, 1.82) is 0 Å². The van der Waals surface area contributed by atoms with Crippen LogP contribution in [0.25, 0.3) is 11.2 Å². The van der Waals surface area contributed by atoms with E-state index in [9.17, 15) is 14.0 Å². The van der Waals surface area contributed by atoms with Crippen LogP contribution in [0.5, 0.6) is 11.8 Å². The van der Waals surface area contributed by atoms with E-state index in [1.54, 1.807) is 0 Å². The highest BCUT2D eigenvalue weighted by Gasteiger charge is 2.25. The summed E-state index contributed by atoms with van der Waals surface area (Å²) < 4.78 is 21.7. The molecule has 4 rings (SSSR count). The molecule has 0 unspecified atom stereocenters. The van der Waals surface area contributed by atoms with Crippen LogP contribution in [0.3, 0.4) is 0 Å². The van der Waals surface area contributed by atoms with E-state index in [0.29, 0.717) is 23.5 Å². The molecule has 0 radical (unpaired) electrons. The van der Waals surface area contributed by atoms with Crippen molar-refractivity contribution in [3.63, 3.8) is 0 Å². The molecular formula is C21H23FN4O4. The van der Waals surface area contributed by atoms with Gasteiger partial charge < -0.3 is 14.4 Å². The molecule has 30 heavy (non-hydrogen) atoms. The Bertz CT molecular complexity index is 1150. The fraction of sp³-hybridized carbons (Fsp3) is 0.429. The number of nitrogens with one attached hydrogen (secondary N) is 1. The number of hydrogen-bond donors (Lipinski definition) is 2. The monoisotopic (exact) mass is 414 g/mol. The van der Waals surface area contributed by atoms with Gasteiger partial charge in [-0.15, -0.1) is 0 Å². The maximum atomic E-state index is 14.3. The zero-order chi connectivity index (χ0) is 21.3. The minimum atomic E-state index is -1.06. The molecular weight excluding hydrogens is 391 g/mol. The first-order chi connectivity index (χ1) is 14.5. The van der Waals surface area contributed by atoms with Gasteiger partial charge in [0.15, 0.2) is 22.7 Å². The van der Waals surface area contributed by atoms with Crippen LogP contribution in [0.2, 0.25) is 0 Å². The molecule has 8 nitrogen and oxygen atoms in total. The quantitative estimate of drug-likeness (QED) is 0.609. The van der Waals surface area contributed by atoms with Crippen molar-refractivity contribution in [2.75, 3.05) is 0 Å². The summed E-state index contributed by atoms with van der Waals surface area (Å²) in [5.74, 6) is -0.756. The third-order valence-corrected chi connectivity index (χ3v) is 5.35. The molecule has 0 atom stereocenters. The molecule has 0 aliphatic heterocycles. The Balaban J connectivity index is 1.69. The third kappa shape index (κ3) is 3.92. The lowest BCUT2D eigenvalue weighted by Crippen LogP contribution is -2.15. The van der Waals surface area contributed by atoms with Crippen LogP contribution in [0.15, 0.2) is 23.0 Å². The molecule has 3 aromatic rings. The molecule has 0 bridgehead atoms. The number of ether oxygens (including phenoxy) is 1. The summed E-state index contributed by atoms with van der Waals surface area (Å²) in [4.78, 5) is 35.1. The summed E-state index contributed by atoms with van der Waals surface area (Å²) >= 11 is 0. The molecule has 1 saturated carbocycles. The van der Waals surface area contributed by atoms with Crippen LogP contribution in [0.1, 0.15) is 56.3 Å². The normalized spacial score (nSPS) is 14.5. The second kappa shape index (κ2) is 8.25. The number of halogens is 1. The Morgan fingerprint density at radius 1 is 1.33 bits per heavy atom. The number of carboxylic acid groups (broad SMARTS) is 1. The number of aliphatic carboxylic acids is 1. The van der Waals surface area contributed by atoms with Crippen LogP contribution in [0, 0.1) is 5.82 Å². The van der Waals surface area contributed by atoms with Gasteiger partial charge in [0.25, 0.3) is 5.56 Å². The van der Waals surface area contributed by atoms with Crippen LogP contribution >= 0.6 is 0 Å². The minimum absolute atomic E-state index is 0.156. The molecule has 2 N–H and O–H groups in total. The van der Waals surface area contributed by atoms with Crippen LogP contribution in [-0.2, 0) is 17.8 Å². The SMILES string of the molecule is CCCn1c(C2CCCC2)nc2nc(Oc3ccc(CC(=O)O)cc3F)[nH]c(=O)c21. The first-order valence-corrected chi connectivity index (χ1v) is 10.1. The highest BCUT2D eigenvalue weighted by atomic mass is 19.1. The van der Waals surface area contributed by atoms with Crippen molar-refractivity contribution < 1.29 is 19.0 Å². The largest absolute Gasteiger partial charge is 0.481 e. The summed E-state index contributed by atoms with van der Waals surface area (Å²) in [6.45, 7) is 2.72. The summed E-state index contributed by atoms with van der Waals surface area (Å²) in [5.41, 5.74) is 0.613. The van der Waals surface area contributed by atoms with Crippen molar-refractivity contribution in [1.82, 2.24) is 19.5 Å². The number of hydrogen-bond acceptors (Lipinski definition) is 5. The van der Waals surface area contributed by atoms with Gasteiger partial charge in [-0.1, -0.05) is 25.8 Å². The predicted molar refractivity (Wildman–Crippen MR) is 107 cm³/mol. The van der Waals surface area contributed by atoms with Gasteiger partial charge in [-0.3, -0.25) is 14.6 Å². The number of fused-ring (bicyclic) bond motifs is 1. The van der Waals surface area contributed by atoms with E-state index in [1.165, 1.54) is 12.1 Å². The lowest BCUT2D eigenvalue weighted by atomic mass is 10.1. The van der Waals surface area contributed by atoms with Gasteiger partial charge in [-0.2, -0.15) is 4.98 Å². The Hall–Kier alpha value is -3.23. The average molecular weight is 414 g/mol. The van der Waals surface area contributed by atoms with Gasteiger partial charge in [-0.05, 0) is 37.0 Å². The second-order valence-electron chi connectivity index (χ2n) is 7.58. The Morgan fingerprint density at radius 3 is 2.77 bits per heavy atom. The first kappa shape index (κ1) is 20.1. The highest BCUT2D eigenvalue weighted by Crippen LogP contribution is 2.35. The number of aryl methyl sites for hydroxylation is 1. The third-order valence-electron chi connectivity index (χ3n) is 5.35. The van der Waals surface area contributed by atoms with Crippen molar-refractivity contribution in [2.45, 2.75) is 57.9 Å². The summed E-state index contributed by atoms with van der Waals surface area (Å²) in [6, 6.07) is 3.71. The van der Waals surface area contributed by atoms with E-state index in [0.717, 1.165) is 44.0 Å². The van der Waals surface area contributed by atoms with E-state index in [2.05, 4.69) is 15.0 Å². The van der Waals surface area contributed by atoms with Crippen molar-refractivity contribution in [3.05, 3.63) is 45.8 Å². The number of benzene rings is 1. The molecule has 1 aliphatic rings. The van der Waals surface area contributed by atoms with E-state index in [4.69, 9.17) is 9.84 Å². The number of H-pyrrole nitrogens is 1. The van der Waals surface area contributed by atoms with Gasteiger partial charge >= 0.3 is 12.0 Å². The van der Waals surface area contributed by atoms with Crippen molar-refractivity contribution >= 4 is 17.1 Å². The highest BCUT2D eigenvalue weighted by molar-refractivity contribution is 5.71. The maximum Gasteiger partial charge on any atom is 0.307 e. The van der Waals surface area contributed by atoms with Gasteiger partial charge in [0, 0.05) is 12.5 Å². The maximum absolute atomic E-state index is 14.3. The Kier molecular flexibility index (Phi) is 5.52. The lowest BCUT2D eigenvalue weighted by Gasteiger charge is -2.12. The number of aromatic nitrogens is 4. The van der Waals surface area contributed by atoms with E-state index >= 15 is 0 Å². The number of nitrogens with zero attached hydrogens (tertiary/aromatic N) is 3. The molecule has 0 amide bonds. The van der Waals surface area contributed by atoms with Crippen LogP contribution < -0.4 is 10.3 Å². The van der Waals surface area contributed by atoms with Gasteiger partial charge in [0.2, 0.25) is 0 Å². The average Bonchev–Trinajstić information content (AvgIpc) is 3.32. The summed E-state index contributed by atoms with van der Waals surface area (Å²) in [6.07, 6.45) is 4.95. The van der Waals surface area contributed by atoms with Crippen LogP contribution in [0.4, 0.5) is 4.39 Å². The van der Waals surface area contributed by atoms with E-state index in [1.807, 2.05) is 11.5 Å². The molecule has 2 heterocycles. The molecule has 1 fully saturated rings. The topological polar surface area (TPSA) is 110 Å². The Labute approximate surface area is 171 Å². The molecule has 158 valence electrons. The smallest absolute Gasteiger partial charge is 0.307 e.